The van der Waals surface area contributed by atoms with Crippen molar-refractivity contribution in [2.75, 3.05) is 16.8 Å². The molecule has 2 amide bonds. The highest BCUT2D eigenvalue weighted by molar-refractivity contribution is 7.99. The van der Waals surface area contributed by atoms with Crippen LogP contribution in [0.2, 0.25) is 0 Å². The molecule has 2 aromatic rings. The molecule has 7 heteroatoms. The topological polar surface area (TPSA) is 66.5 Å². The van der Waals surface area contributed by atoms with Crippen LogP contribution in [0.5, 0.6) is 0 Å². The summed E-state index contributed by atoms with van der Waals surface area (Å²) >= 11 is 1.52. The first kappa shape index (κ1) is 20.1. The summed E-state index contributed by atoms with van der Waals surface area (Å²) in [6.07, 6.45) is 2.48. The van der Waals surface area contributed by atoms with Crippen LogP contribution in [0.1, 0.15) is 30.1 Å². The van der Waals surface area contributed by atoms with Crippen molar-refractivity contribution >= 4 is 40.7 Å². The summed E-state index contributed by atoms with van der Waals surface area (Å²) in [5.74, 6) is -1.78. The van der Waals surface area contributed by atoms with Gasteiger partial charge < -0.3 is 10.2 Å². The molecule has 0 bridgehead atoms. The number of nitrogens with one attached hydrogen (secondary N) is 1. The number of allylic oxidation sites excluding steroid dienone is 3. The Labute approximate surface area is 177 Å². The van der Waals surface area contributed by atoms with E-state index in [9.17, 15) is 18.8 Å². The second-order valence-electron chi connectivity index (χ2n) is 6.99. The van der Waals surface area contributed by atoms with Crippen molar-refractivity contribution in [3.05, 3.63) is 71.6 Å². The second-order valence-corrected chi connectivity index (χ2v) is 8.08. The molecule has 5 nitrogen and oxygen atoms in total. The van der Waals surface area contributed by atoms with Gasteiger partial charge in [-0.3, -0.25) is 14.4 Å². The lowest BCUT2D eigenvalue weighted by Gasteiger charge is -2.22. The summed E-state index contributed by atoms with van der Waals surface area (Å²) in [7, 11) is 0. The first-order valence-electron chi connectivity index (χ1n) is 9.57. The summed E-state index contributed by atoms with van der Waals surface area (Å²) in [6.45, 7) is 2.40. The van der Waals surface area contributed by atoms with E-state index in [1.54, 1.807) is 17.0 Å². The third kappa shape index (κ3) is 3.93. The van der Waals surface area contributed by atoms with Crippen molar-refractivity contribution in [3.8, 4) is 0 Å². The minimum Gasteiger partial charge on any atom is -0.326 e. The number of fused-ring (bicyclic) bond motifs is 2. The predicted octanol–water partition coefficient (Wildman–Crippen LogP) is 4.90. The maximum absolute atomic E-state index is 13.2. The Hall–Kier alpha value is -3.19. The molecule has 2 aromatic carbocycles. The number of halogens is 1. The van der Waals surface area contributed by atoms with Gasteiger partial charge in [0, 0.05) is 34.9 Å². The van der Waals surface area contributed by atoms with E-state index in [1.807, 2.05) is 37.3 Å². The van der Waals surface area contributed by atoms with E-state index in [-0.39, 0.29) is 24.7 Å². The first-order valence-corrected chi connectivity index (χ1v) is 10.4. The van der Waals surface area contributed by atoms with Gasteiger partial charge in [-0.05, 0) is 43.3 Å². The van der Waals surface area contributed by atoms with Crippen molar-refractivity contribution in [1.82, 2.24) is 0 Å². The number of ketones is 1. The smallest absolute Gasteiger partial charge is 0.259 e. The number of carbonyl (C=O) groups excluding carboxylic acids is 3. The van der Waals surface area contributed by atoms with Crippen LogP contribution < -0.4 is 10.2 Å². The Morgan fingerprint density at radius 3 is 2.70 bits per heavy atom. The SMILES string of the molecule is CCN1C(=O)c2ccccc2Sc2ccc(NC(=O)CC3=CC=C(F)C(=O)C3)cc21. The molecule has 1 aliphatic heterocycles. The van der Waals surface area contributed by atoms with Crippen LogP contribution in [-0.2, 0) is 9.59 Å². The molecule has 1 aliphatic carbocycles. The summed E-state index contributed by atoms with van der Waals surface area (Å²) in [5.41, 5.74) is 2.50. The lowest BCUT2D eigenvalue weighted by atomic mass is 10.00. The molecule has 1 heterocycles. The van der Waals surface area contributed by atoms with E-state index in [1.165, 1.54) is 17.8 Å². The van der Waals surface area contributed by atoms with Gasteiger partial charge in [-0.15, -0.1) is 0 Å². The van der Waals surface area contributed by atoms with E-state index >= 15 is 0 Å². The van der Waals surface area contributed by atoms with Crippen molar-refractivity contribution < 1.29 is 18.8 Å². The Morgan fingerprint density at radius 1 is 1.13 bits per heavy atom. The minimum atomic E-state index is -0.785. The van der Waals surface area contributed by atoms with E-state index in [0.29, 0.717) is 23.4 Å². The number of rotatable bonds is 4. The molecular formula is C23H19FN2O3S. The number of Topliss-reactive ketones (excluding diaryl/α,β-unsaturated/α-hetero) is 1. The minimum absolute atomic E-state index is 0.00319. The van der Waals surface area contributed by atoms with Gasteiger partial charge in [-0.2, -0.15) is 0 Å². The number of hydrogen-bond donors (Lipinski definition) is 1. The van der Waals surface area contributed by atoms with Crippen LogP contribution in [0.4, 0.5) is 15.8 Å². The molecule has 152 valence electrons. The molecule has 0 fully saturated rings. The highest BCUT2D eigenvalue weighted by Gasteiger charge is 2.26. The first-order chi connectivity index (χ1) is 14.5. The fourth-order valence-corrected chi connectivity index (χ4v) is 4.54. The molecule has 0 saturated heterocycles. The van der Waals surface area contributed by atoms with Crippen LogP contribution in [0.25, 0.3) is 0 Å². The number of anilines is 2. The average Bonchev–Trinajstić information content (AvgIpc) is 2.84. The van der Waals surface area contributed by atoms with E-state index in [0.717, 1.165) is 21.6 Å². The summed E-state index contributed by atoms with van der Waals surface area (Å²) < 4.78 is 13.2. The lowest BCUT2D eigenvalue weighted by molar-refractivity contribution is -0.116. The molecule has 0 saturated carbocycles. The maximum atomic E-state index is 13.2. The van der Waals surface area contributed by atoms with Crippen LogP contribution in [-0.4, -0.2) is 24.1 Å². The average molecular weight is 422 g/mol. The van der Waals surface area contributed by atoms with Gasteiger partial charge in [-0.1, -0.05) is 35.5 Å². The van der Waals surface area contributed by atoms with Crippen molar-refractivity contribution in [3.63, 3.8) is 0 Å². The van der Waals surface area contributed by atoms with Crippen LogP contribution in [0.3, 0.4) is 0 Å². The molecule has 0 spiro atoms. The zero-order chi connectivity index (χ0) is 21.3. The molecule has 0 radical (unpaired) electrons. The highest BCUT2D eigenvalue weighted by Crippen LogP contribution is 2.42. The van der Waals surface area contributed by atoms with E-state index in [4.69, 9.17) is 0 Å². The fraction of sp³-hybridized carbons (Fsp3) is 0.174. The second kappa shape index (κ2) is 8.28. The number of benzene rings is 2. The van der Waals surface area contributed by atoms with Crippen molar-refractivity contribution in [1.29, 1.82) is 0 Å². The standard InChI is InChI=1S/C23H19FN2O3S/c1-2-26-18-13-15(25-22(28)12-14-7-9-17(24)19(27)11-14)8-10-21(18)30-20-6-4-3-5-16(20)23(26)29/h3-10,13H,2,11-12H2,1H3,(H,25,28). The van der Waals surface area contributed by atoms with Gasteiger partial charge >= 0.3 is 0 Å². The van der Waals surface area contributed by atoms with Crippen LogP contribution in [0.15, 0.2) is 75.8 Å². The van der Waals surface area contributed by atoms with Gasteiger partial charge in [-0.25, -0.2) is 4.39 Å². The Balaban J connectivity index is 1.57. The zero-order valence-corrected chi connectivity index (χ0v) is 17.1. The third-order valence-electron chi connectivity index (χ3n) is 4.94. The highest BCUT2D eigenvalue weighted by atomic mass is 32.2. The molecule has 30 heavy (non-hydrogen) atoms. The third-order valence-corrected chi connectivity index (χ3v) is 6.08. The van der Waals surface area contributed by atoms with Crippen molar-refractivity contribution in [2.45, 2.75) is 29.6 Å². The summed E-state index contributed by atoms with van der Waals surface area (Å²) in [4.78, 5) is 40.5. The molecule has 2 aliphatic rings. The normalized spacial score (nSPS) is 15.6. The predicted molar refractivity (Wildman–Crippen MR) is 115 cm³/mol. The Morgan fingerprint density at radius 2 is 1.93 bits per heavy atom. The van der Waals surface area contributed by atoms with E-state index < -0.39 is 11.6 Å². The van der Waals surface area contributed by atoms with Crippen LogP contribution >= 0.6 is 11.8 Å². The number of hydrogen-bond acceptors (Lipinski definition) is 4. The molecule has 0 unspecified atom stereocenters. The molecule has 0 atom stereocenters. The van der Waals surface area contributed by atoms with Gasteiger partial charge in [0.05, 0.1) is 11.3 Å². The number of amides is 2. The summed E-state index contributed by atoms with van der Waals surface area (Å²) in [6, 6.07) is 12.9. The van der Waals surface area contributed by atoms with Gasteiger partial charge in [0.15, 0.2) is 11.6 Å². The van der Waals surface area contributed by atoms with Gasteiger partial charge in [0.2, 0.25) is 5.91 Å². The number of nitrogens with zero attached hydrogens (tertiary/aromatic N) is 1. The Kier molecular flexibility index (Phi) is 5.55. The molecular weight excluding hydrogens is 403 g/mol. The van der Waals surface area contributed by atoms with E-state index in [2.05, 4.69) is 5.32 Å². The molecule has 4 rings (SSSR count). The Bertz CT molecular complexity index is 1120. The lowest BCUT2D eigenvalue weighted by Crippen LogP contribution is -2.30. The van der Waals surface area contributed by atoms with Crippen molar-refractivity contribution in [2.24, 2.45) is 0 Å². The maximum Gasteiger partial charge on any atom is 0.259 e. The van der Waals surface area contributed by atoms with Crippen LogP contribution in [0, 0.1) is 0 Å². The summed E-state index contributed by atoms with van der Waals surface area (Å²) in [5, 5.41) is 2.81. The molecule has 0 aromatic heterocycles. The molecule has 1 N–H and O–H groups in total. The fourth-order valence-electron chi connectivity index (χ4n) is 3.48. The zero-order valence-electron chi connectivity index (χ0n) is 16.3. The largest absolute Gasteiger partial charge is 0.326 e. The van der Waals surface area contributed by atoms with Gasteiger partial charge in [0.1, 0.15) is 0 Å². The number of carbonyl (C=O) groups is 3. The monoisotopic (exact) mass is 422 g/mol. The van der Waals surface area contributed by atoms with Gasteiger partial charge in [0.25, 0.3) is 5.91 Å². The quantitative estimate of drug-likeness (QED) is 0.761.